The number of fused-ring (bicyclic) bond motifs is 6. The predicted molar refractivity (Wildman–Crippen MR) is 134 cm³/mol. The quantitative estimate of drug-likeness (QED) is 0.269. The molecule has 0 amide bonds. The van der Waals surface area contributed by atoms with E-state index in [9.17, 15) is 0 Å². The molecule has 6 rings (SSSR count). The molecule has 152 valence electrons. The van der Waals surface area contributed by atoms with Gasteiger partial charge in [0.15, 0.2) is 0 Å². The van der Waals surface area contributed by atoms with E-state index in [1.165, 1.54) is 32.8 Å². The Labute approximate surface area is 188 Å². The summed E-state index contributed by atoms with van der Waals surface area (Å²) in [4.78, 5) is 0. The Morgan fingerprint density at radius 1 is 0.452 bits per heavy atom. The first-order valence-electron chi connectivity index (χ1n) is 11.7. The van der Waals surface area contributed by atoms with E-state index in [0.29, 0.717) is 9.50 Å². The molecule has 0 spiro atoms. The molecule has 31 heavy (non-hydrogen) atoms. The number of benzene rings is 4. The molecule has 0 saturated carbocycles. The molecule has 4 aromatic rings. The first kappa shape index (κ1) is 19.1. The third kappa shape index (κ3) is 2.55. The zero-order valence-electron chi connectivity index (χ0n) is 18.3. The molecule has 0 heterocycles. The summed E-state index contributed by atoms with van der Waals surface area (Å²) in [5, 5.41) is 2.66. The molecule has 0 N–H and O–H groups in total. The number of hydrogen-bond donors (Lipinski definition) is 0. The predicted octanol–water partition coefficient (Wildman–Crippen LogP) is 8.18. The summed E-state index contributed by atoms with van der Waals surface area (Å²) in [7, 11) is 0. The van der Waals surface area contributed by atoms with Crippen LogP contribution in [0.25, 0.3) is 22.3 Å². The third-order valence-corrected chi connectivity index (χ3v) is 21.1. The Bertz CT molecular complexity index is 1090. The Morgan fingerprint density at radius 2 is 0.710 bits per heavy atom. The topological polar surface area (TPSA) is 0 Å². The molecule has 0 aromatic heterocycles. The van der Waals surface area contributed by atoms with Crippen molar-refractivity contribution in [3.8, 4) is 22.3 Å². The Balaban J connectivity index is 1.66. The van der Waals surface area contributed by atoms with Crippen molar-refractivity contribution in [2.75, 3.05) is 0 Å². The molecular formula is C30H28Ge. The summed E-state index contributed by atoms with van der Waals surface area (Å²) in [5.74, 6) is 0. The molecule has 0 aliphatic heterocycles. The number of rotatable bonds is 4. The van der Waals surface area contributed by atoms with Crippen LogP contribution in [0.5, 0.6) is 0 Å². The summed E-state index contributed by atoms with van der Waals surface area (Å²) in [6.07, 6.45) is 0. The van der Waals surface area contributed by atoms with Crippen molar-refractivity contribution in [3.05, 3.63) is 119 Å². The van der Waals surface area contributed by atoms with Gasteiger partial charge in [-0.3, -0.25) is 0 Å². The van der Waals surface area contributed by atoms with Gasteiger partial charge in [0.25, 0.3) is 0 Å². The van der Waals surface area contributed by atoms with Gasteiger partial charge in [-0.15, -0.1) is 0 Å². The molecule has 0 atom stereocenters. The van der Waals surface area contributed by atoms with Gasteiger partial charge in [0, 0.05) is 0 Å². The van der Waals surface area contributed by atoms with Gasteiger partial charge in [0.1, 0.15) is 0 Å². The van der Waals surface area contributed by atoms with Gasteiger partial charge < -0.3 is 0 Å². The van der Waals surface area contributed by atoms with Crippen LogP contribution in [0.2, 0.25) is 10.5 Å². The van der Waals surface area contributed by atoms with Crippen LogP contribution >= 0.6 is 0 Å². The Morgan fingerprint density at radius 3 is 0.968 bits per heavy atom. The second-order valence-electron chi connectivity index (χ2n) is 9.16. The van der Waals surface area contributed by atoms with E-state index in [1.807, 2.05) is 0 Å². The van der Waals surface area contributed by atoms with Gasteiger partial charge in [-0.25, -0.2) is 0 Å². The van der Waals surface area contributed by atoms with Crippen molar-refractivity contribution in [1.82, 2.24) is 0 Å². The minimum atomic E-state index is -2.58. The van der Waals surface area contributed by atoms with Crippen molar-refractivity contribution >= 4 is 13.3 Å². The summed E-state index contributed by atoms with van der Waals surface area (Å²) in [6, 6.07) is 37.0. The van der Waals surface area contributed by atoms with E-state index >= 15 is 0 Å². The molecule has 0 nitrogen and oxygen atoms in total. The molecule has 0 saturated heterocycles. The summed E-state index contributed by atoms with van der Waals surface area (Å²) in [5.41, 5.74) is 12.3. The Kier molecular flexibility index (Phi) is 4.47. The van der Waals surface area contributed by atoms with Gasteiger partial charge >= 0.3 is 189 Å². The summed E-state index contributed by atoms with van der Waals surface area (Å²) >= 11 is -2.58. The zero-order chi connectivity index (χ0) is 21.0. The van der Waals surface area contributed by atoms with Gasteiger partial charge in [-0.1, -0.05) is 0 Å². The van der Waals surface area contributed by atoms with Crippen LogP contribution in [0.15, 0.2) is 97.1 Å². The SMILES string of the molecule is C[CH2][Ge]([CH2]C)([CH]1c2ccccc2-c2ccccc21)[CH]1c2ccccc2-c2ccccc21. The van der Waals surface area contributed by atoms with E-state index in [0.717, 1.165) is 0 Å². The van der Waals surface area contributed by atoms with Crippen LogP contribution in [-0.4, -0.2) is 13.3 Å². The molecule has 2 aliphatic rings. The van der Waals surface area contributed by atoms with Crippen molar-refractivity contribution in [3.63, 3.8) is 0 Å². The van der Waals surface area contributed by atoms with Gasteiger partial charge in [-0.2, -0.15) is 0 Å². The number of hydrogen-bond acceptors (Lipinski definition) is 0. The summed E-state index contributed by atoms with van der Waals surface area (Å²) in [6.45, 7) is 4.99. The third-order valence-electron chi connectivity index (χ3n) is 8.13. The van der Waals surface area contributed by atoms with Gasteiger partial charge in [0.05, 0.1) is 0 Å². The molecule has 4 aromatic carbocycles. The van der Waals surface area contributed by atoms with Crippen LogP contribution in [0.4, 0.5) is 0 Å². The van der Waals surface area contributed by atoms with Crippen LogP contribution < -0.4 is 0 Å². The second-order valence-corrected chi connectivity index (χ2v) is 19.7. The standard InChI is InChI=1S/C30H28Ge/c1-3-31(4-2,29-25-17-9-5-13-21(25)22-14-6-10-18-26(22)29)30-27-19-11-7-15-23(27)24-16-8-12-20-28(24)30/h5-20,29-30H,3-4H2,1-2H3. The van der Waals surface area contributed by atoms with E-state index < -0.39 is 13.3 Å². The van der Waals surface area contributed by atoms with E-state index in [4.69, 9.17) is 0 Å². The average molecular weight is 461 g/mol. The molecule has 0 bridgehead atoms. The van der Waals surface area contributed by atoms with Crippen LogP contribution in [-0.2, 0) is 0 Å². The van der Waals surface area contributed by atoms with Gasteiger partial charge in [-0.05, 0) is 0 Å². The molecule has 2 aliphatic carbocycles. The van der Waals surface area contributed by atoms with Crippen LogP contribution in [0.1, 0.15) is 45.6 Å². The monoisotopic (exact) mass is 462 g/mol. The van der Waals surface area contributed by atoms with Crippen molar-refractivity contribution in [2.45, 2.75) is 33.9 Å². The van der Waals surface area contributed by atoms with Crippen LogP contribution in [0, 0.1) is 0 Å². The maximum absolute atomic E-state index is 2.58. The maximum atomic E-state index is 2.50. The molecule has 0 unspecified atom stereocenters. The first-order chi connectivity index (χ1) is 15.3. The zero-order valence-corrected chi connectivity index (χ0v) is 20.4. The molecule has 0 fully saturated rings. The fraction of sp³-hybridized carbons (Fsp3) is 0.200. The fourth-order valence-corrected chi connectivity index (χ4v) is 19.3. The van der Waals surface area contributed by atoms with Crippen molar-refractivity contribution < 1.29 is 0 Å². The molecule has 1 heteroatoms. The van der Waals surface area contributed by atoms with Crippen molar-refractivity contribution in [1.29, 1.82) is 0 Å². The Hall–Kier alpha value is -2.58. The van der Waals surface area contributed by atoms with E-state index in [1.54, 1.807) is 22.3 Å². The first-order valence-corrected chi connectivity index (χ1v) is 17.1. The van der Waals surface area contributed by atoms with Gasteiger partial charge in [0.2, 0.25) is 0 Å². The second kappa shape index (κ2) is 7.24. The normalized spacial score (nSPS) is 14.8. The molecular weight excluding hydrogens is 433 g/mol. The summed E-state index contributed by atoms with van der Waals surface area (Å²) < 4.78 is 1.18. The van der Waals surface area contributed by atoms with E-state index in [2.05, 4.69) is 111 Å². The molecule has 0 radical (unpaired) electrons. The van der Waals surface area contributed by atoms with E-state index in [-0.39, 0.29) is 0 Å². The average Bonchev–Trinajstić information content (AvgIpc) is 3.36. The van der Waals surface area contributed by atoms with Crippen molar-refractivity contribution in [2.24, 2.45) is 0 Å². The van der Waals surface area contributed by atoms with Crippen LogP contribution in [0.3, 0.4) is 0 Å². The fourth-order valence-electron chi connectivity index (χ4n) is 6.78. The minimum absolute atomic E-state index is 0.589.